The molecular formula is C14H18N2O2S2. The van der Waals surface area contributed by atoms with Crippen molar-refractivity contribution in [3.8, 4) is 0 Å². The molecule has 0 saturated carbocycles. The fraction of sp³-hybridized carbons (Fsp3) is 0.286. The molecule has 0 aliphatic carbocycles. The van der Waals surface area contributed by atoms with Crippen molar-refractivity contribution < 1.29 is 8.42 Å². The average Bonchev–Trinajstić information content (AvgIpc) is 2.88. The van der Waals surface area contributed by atoms with Crippen molar-refractivity contribution in [2.45, 2.75) is 30.6 Å². The van der Waals surface area contributed by atoms with Gasteiger partial charge in [0.15, 0.2) is 0 Å². The number of thiophene rings is 1. The second kappa shape index (κ2) is 6.05. The Morgan fingerprint density at radius 3 is 2.50 bits per heavy atom. The van der Waals surface area contributed by atoms with Crippen LogP contribution in [-0.2, 0) is 16.6 Å². The van der Waals surface area contributed by atoms with Gasteiger partial charge in [0.05, 0.1) is 0 Å². The van der Waals surface area contributed by atoms with Gasteiger partial charge >= 0.3 is 0 Å². The van der Waals surface area contributed by atoms with E-state index in [1.165, 1.54) is 11.3 Å². The fourth-order valence-corrected chi connectivity index (χ4v) is 4.29. The van der Waals surface area contributed by atoms with Gasteiger partial charge in [-0.1, -0.05) is 29.8 Å². The molecule has 0 aliphatic rings. The Balaban J connectivity index is 2.17. The highest BCUT2D eigenvalue weighted by molar-refractivity contribution is 7.91. The van der Waals surface area contributed by atoms with Crippen molar-refractivity contribution in [3.63, 3.8) is 0 Å². The predicted molar refractivity (Wildman–Crippen MR) is 82.1 cm³/mol. The zero-order chi connectivity index (χ0) is 14.8. The lowest BCUT2D eigenvalue weighted by Gasteiger charge is -2.14. The lowest BCUT2D eigenvalue weighted by Crippen LogP contribution is -2.26. The molecule has 3 N–H and O–H groups in total. The normalized spacial score (nSPS) is 13.3. The standard InChI is InChI=1S/C14H18N2O2S2/c1-10-3-5-13(6-4-10)11(2)16-20(17,18)14-7-12(8-15)9-19-14/h3-7,9,11,16H,8,15H2,1-2H3. The molecule has 0 bridgehead atoms. The van der Waals surface area contributed by atoms with Crippen molar-refractivity contribution in [2.75, 3.05) is 0 Å². The fourth-order valence-electron chi connectivity index (χ4n) is 1.82. The first-order chi connectivity index (χ1) is 9.42. The molecule has 6 heteroatoms. The van der Waals surface area contributed by atoms with Crippen molar-refractivity contribution in [3.05, 3.63) is 52.4 Å². The summed E-state index contributed by atoms with van der Waals surface area (Å²) in [5, 5.41) is 1.77. The number of nitrogens with two attached hydrogens (primary N) is 1. The minimum Gasteiger partial charge on any atom is -0.326 e. The molecule has 2 aromatic rings. The van der Waals surface area contributed by atoms with E-state index >= 15 is 0 Å². The van der Waals surface area contributed by atoms with Crippen LogP contribution in [0.2, 0.25) is 0 Å². The van der Waals surface area contributed by atoms with E-state index in [2.05, 4.69) is 4.72 Å². The van der Waals surface area contributed by atoms with Gasteiger partial charge in [-0.2, -0.15) is 0 Å². The maximum Gasteiger partial charge on any atom is 0.250 e. The number of aryl methyl sites for hydroxylation is 1. The van der Waals surface area contributed by atoms with Crippen LogP contribution in [0.3, 0.4) is 0 Å². The van der Waals surface area contributed by atoms with Crippen molar-refractivity contribution in [1.29, 1.82) is 0 Å². The van der Waals surface area contributed by atoms with Crippen LogP contribution in [0.15, 0.2) is 39.9 Å². The van der Waals surface area contributed by atoms with Crippen molar-refractivity contribution in [2.24, 2.45) is 5.73 Å². The molecule has 20 heavy (non-hydrogen) atoms. The third-order valence-electron chi connectivity index (χ3n) is 3.04. The highest BCUT2D eigenvalue weighted by atomic mass is 32.2. The van der Waals surface area contributed by atoms with Gasteiger partial charge in [-0.25, -0.2) is 13.1 Å². The highest BCUT2D eigenvalue weighted by Crippen LogP contribution is 2.22. The van der Waals surface area contributed by atoms with Crippen LogP contribution in [0.5, 0.6) is 0 Å². The van der Waals surface area contributed by atoms with Gasteiger partial charge in [0.1, 0.15) is 4.21 Å². The zero-order valence-electron chi connectivity index (χ0n) is 11.5. The summed E-state index contributed by atoms with van der Waals surface area (Å²) in [6, 6.07) is 9.15. The van der Waals surface area contributed by atoms with Crippen LogP contribution in [0, 0.1) is 6.92 Å². The molecule has 0 fully saturated rings. The van der Waals surface area contributed by atoms with Crippen LogP contribution in [-0.4, -0.2) is 8.42 Å². The van der Waals surface area contributed by atoms with Gasteiger partial charge in [0.2, 0.25) is 0 Å². The Bertz CT molecular complexity index is 675. The van der Waals surface area contributed by atoms with Gasteiger partial charge in [-0.05, 0) is 36.4 Å². The van der Waals surface area contributed by atoms with E-state index < -0.39 is 10.0 Å². The Morgan fingerprint density at radius 2 is 1.95 bits per heavy atom. The van der Waals surface area contributed by atoms with Gasteiger partial charge < -0.3 is 5.73 Å². The smallest absolute Gasteiger partial charge is 0.250 e. The summed E-state index contributed by atoms with van der Waals surface area (Å²) in [5.41, 5.74) is 8.42. The van der Waals surface area contributed by atoms with Crippen LogP contribution < -0.4 is 10.5 Å². The molecule has 1 aromatic heterocycles. The molecule has 0 amide bonds. The second-order valence-corrected chi connectivity index (χ2v) is 7.58. The number of benzene rings is 1. The van der Waals surface area contributed by atoms with Crippen molar-refractivity contribution >= 4 is 21.4 Å². The Morgan fingerprint density at radius 1 is 1.30 bits per heavy atom. The number of sulfonamides is 1. The third-order valence-corrected chi connectivity index (χ3v) is 6.07. The largest absolute Gasteiger partial charge is 0.326 e. The third kappa shape index (κ3) is 3.46. The SMILES string of the molecule is Cc1ccc(C(C)NS(=O)(=O)c2cc(CN)cs2)cc1. The van der Waals surface area contributed by atoms with E-state index in [0.29, 0.717) is 10.8 Å². The first-order valence-corrected chi connectivity index (χ1v) is 8.65. The lowest BCUT2D eigenvalue weighted by molar-refractivity contribution is 0.569. The Labute approximate surface area is 123 Å². The molecule has 0 radical (unpaired) electrons. The molecule has 0 aliphatic heterocycles. The summed E-state index contributed by atoms with van der Waals surface area (Å²) < 4.78 is 27.5. The number of hydrogen-bond donors (Lipinski definition) is 2. The van der Waals surface area contributed by atoms with Crippen LogP contribution in [0.25, 0.3) is 0 Å². The summed E-state index contributed by atoms with van der Waals surface area (Å²) >= 11 is 1.19. The minimum atomic E-state index is -3.49. The molecule has 1 heterocycles. The summed E-state index contributed by atoms with van der Waals surface area (Å²) in [5.74, 6) is 0. The van der Waals surface area contributed by atoms with E-state index in [1.54, 1.807) is 11.4 Å². The topological polar surface area (TPSA) is 72.2 Å². The number of rotatable bonds is 5. The molecule has 108 valence electrons. The lowest BCUT2D eigenvalue weighted by atomic mass is 10.1. The number of nitrogens with one attached hydrogen (secondary N) is 1. The van der Waals surface area contributed by atoms with E-state index in [4.69, 9.17) is 5.73 Å². The average molecular weight is 310 g/mol. The molecule has 0 saturated heterocycles. The number of hydrogen-bond acceptors (Lipinski definition) is 4. The first kappa shape index (κ1) is 15.2. The van der Waals surface area contributed by atoms with Gasteiger partial charge in [0, 0.05) is 12.6 Å². The molecule has 2 rings (SSSR count). The zero-order valence-corrected chi connectivity index (χ0v) is 13.1. The van der Waals surface area contributed by atoms with E-state index in [9.17, 15) is 8.42 Å². The van der Waals surface area contributed by atoms with E-state index in [-0.39, 0.29) is 6.04 Å². The molecule has 4 nitrogen and oxygen atoms in total. The summed E-state index contributed by atoms with van der Waals surface area (Å²) in [6.07, 6.45) is 0. The second-order valence-electron chi connectivity index (χ2n) is 4.73. The van der Waals surface area contributed by atoms with E-state index in [1.807, 2.05) is 38.1 Å². The first-order valence-electron chi connectivity index (χ1n) is 6.29. The maximum absolute atomic E-state index is 12.3. The highest BCUT2D eigenvalue weighted by Gasteiger charge is 2.20. The molecule has 1 atom stereocenters. The predicted octanol–water partition coefficient (Wildman–Crippen LogP) is 2.55. The molecule has 1 aromatic carbocycles. The summed E-state index contributed by atoms with van der Waals surface area (Å²) in [4.78, 5) is 0. The van der Waals surface area contributed by atoms with Crippen molar-refractivity contribution in [1.82, 2.24) is 4.72 Å². The van der Waals surface area contributed by atoms with Gasteiger partial charge in [-0.3, -0.25) is 0 Å². The van der Waals surface area contributed by atoms with Crippen LogP contribution in [0.1, 0.15) is 29.7 Å². The summed E-state index contributed by atoms with van der Waals surface area (Å²) in [6.45, 7) is 4.18. The van der Waals surface area contributed by atoms with Gasteiger partial charge in [-0.15, -0.1) is 11.3 Å². The van der Waals surface area contributed by atoms with Crippen LogP contribution >= 0.6 is 11.3 Å². The maximum atomic E-state index is 12.3. The molecular weight excluding hydrogens is 292 g/mol. The van der Waals surface area contributed by atoms with Crippen LogP contribution in [0.4, 0.5) is 0 Å². The van der Waals surface area contributed by atoms with E-state index in [0.717, 1.165) is 16.7 Å². The van der Waals surface area contributed by atoms with Gasteiger partial charge in [0.25, 0.3) is 10.0 Å². The Hall–Kier alpha value is -1.21. The molecule has 0 spiro atoms. The molecule has 1 unspecified atom stereocenters. The minimum absolute atomic E-state index is 0.274. The monoisotopic (exact) mass is 310 g/mol. The Kier molecular flexibility index (Phi) is 4.59. The quantitative estimate of drug-likeness (QED) is 0.891. The summed E-state index contributed by atoms with van der Waals surface area (Å²) in [7, 11) is -3.49.